The van der Waals surface area contributed by atoms with Crippen molar-refractivity contribution in [2.45, 2.75) is 19.0 Å². The molecule has 1 aliphatic rings. The second-order valence-corrected chi connectivity index (χ2v) is 7.81. The number of rotatable bonds is 4. The molecule has 1 N–H and O–H groups in total. The Labute approximate surface area is 161 Å². The Bertz CT molecular complexity index is 988. The SMILES string of the molecule is CC1(c2cccs2)NC(=O)N(Cc2nc(-c3cccc(Br)c3)no2)C1=O. The van der Waals surface area contributed by atoms with E-state index in [9.17, 15) is 9.59 Å². The van der Waals surface area contributed by atoms with Crippen molar-refractivity contribution in [3.63, 3.8) is 0 Å². The van der Waals surface area contributed by atoms with Gasteiger partial charge in [0.2, 0.25) is 11.7 Å². The number of nitrogens with zero attached hydrogens (tertiary/aromatic N) is 3. The van der Waals surface area contributed by atoms with Crippen LogP contribution in [0.25, 0.3) is 11.4 Å². The molecule has 0 spiro atoms. The Morgan fingerprint density at radius 1 is 1.31 bits per heavy atom. The number of amides is 3. The van der Waals surface area contributed by atoms with E-state index in [1.807, 2.05) is 41.8 Å². The minimum atomic E-state index is -1.07. The number of imide groups is 1. The molecule has 132 valence electrons. The van der Waals surface area contributed by atoms with Crippen molar-refractivity contribution < 1.29 is 14.1 Å². The molecule has 1 fully saturated rings. The lowest BCUT2D eigenvalue weighted by Gasteiger charge is -2.19. The summed E-state index contributed by atoms with van der Waals surface area (Å²) in [5, 5.41) is 8.55. The minimum Gasteiger partial charge on any atom is -0.337 e. The fraction of sp³-hybridized carbons (Fsp3) is 0.176. The Hall–Kier alpha value is -2.52. The first-order valence-corrected chi connectivity index (χ1v) is 9.41. The molecule has 3 aromatic rings. The first kappa shape index (κ1) is 16.9. The van der Waals surface area contributed by atoms with Crippen molar-refractivity contribution in [3.8, 4) is 11.4 Å². The van der Waals surface area contributed by atoms with Gasteiger partial charge in [0, 0.05) is 14.9 Å². The zero-order valence-corrected chi connectivity index (χ0v) is 16.0. The van der Waals surface area contributed by atoms with Gasteiger partial charge in [0.25, 0.3) is 5.91 Å². The monoisotopic (exact) mass is 432 g/mol. The predicted molar refractivity (Wildman–Crippen MR) is 98.2 cm³/mol. The van der Waals surface area contributed by atoms with Gasteiger partial charge in [-0.15, -0.1) is 11.3 Å². The summed E-state index contributed by atoms with van der Waals surface area (Å²) >= 11 is 4.81. The molecular formula is C17H13BrN4O3S. The van der Waals surface area contributed by atoms with E-state index in [2.05, 4.69) is 31.4 Å². The van der Waals surface area contributed by atoms with Crippen LogP contribution in [0.3, 0.4) is 0 Å². The van der Waals surface area contributed by atoms with Gasteiger partial charge < -0.3 is 9.84 Å². The predicted octanol–water partition coefficient (Wildman–Crippen LogP) is 3.53. The smallest absolute Gasteiger partial charge is 0.325 e. The lowest BCUT2D eigenvalue weighted by atomic mass is 10.0. The summed E-state index contributed by atoms with van der Waals surface area (Å²) in [6, 6.07) is 10.6. The molecule has 4 rings (SSSR count). The van der Waals surface area contributed by atoms with E-state index in [-0.39, 0.29) is 18.3 Å². The van der Waals surface area contributed by atoms with Crippen LogP contribution in [0.1, 0.15) is 17.7 Å². The van der Waals surface area contributed by atoms with E-state index >= 15 is 0 Å². The van der Waals surface area contributed by atoms with Crippen LogP contribution in [0.4, 0.5) is 4.79 Å². The van der Waals surface area contributed by atoms with Gasteiger partial charge in [-0.05, 0) is 30.5 Å². The number of hydrogen-bond acceptors (Lipinski definition) is 6. The number of urea groups is 1. The van der Waals surface area contributed by atoms with Crippen molar-refractivity contribution in [2.24, 2.45) is 0 Å². The quantitative estimate of drug-likeness (QED) is 0.636. The highest BCUT2D eigenvalue weighted by Crippen LogP contribution is 2.32. The molecule has 1 saturated heterocycles. The molecule has 9 heteroatoms. The third-order valence-corrected chi connectivity index (χ3v) is 5.72. The largest absolute Gasteiger partial charge is 0.337 e. The van der Waals surface area contributed by atoms with Crippen LogP contribution < -0.4 is 5.32 Å². The maximum atomic E-state index is 12.8. The molecule has 3 heterocycles. The molecule has 1 atom stereocenters. The molecule has 26 heavy (non-hydrogen) atoms. The highest BCUT2D eigenvalue weighted by molar-refractivity contribution is 9.10. The lowest BCUT2D eigenvalue weighted by Crippen LogP contribution is -2.40. The van der Waals surface area contributed by atoms with Crippen molar-refractivity contribution in [2.75, 3.05) is 0 Å². The topological polar surface area (TPSA) is 88.3 Å². The highest BCUT2D eigenvalue weighted by atomic mass is 79.9. The van der Waals surface area contributed by atoms with Gasteiger partial charge in [-0.1, -0.05) is 39.3 Å². The summed E-state index contributed by atoms with van der Waals surface area (Å²) in [6.07, 6.45) is 0. The van der Waals surface area contributed by atoms with E-state index in [4.69, 9.17) is 4.52 Å². The average Bonchev–Trinajstić information content (AvgIpc) is 3.34. The number of halogens is 1. The maximum absolute atomic E-state index is 12.8. The molecule has 1 aliphatic heterocycles. The van der Waals surface area contributed by atoms with E-state index < -0.39 is 11.6 Å². The molecule has 3 amide bonds. The second-order valence-electron chi connectivity index (χ2n) is 5.95. The Balaban J connectivity index is 1.56. The molecule has 1 aromatic carbocycles. The summed E-state index contributed by atoms with van der Waals surface area (Å²) in [7, 11) is 0. The van der Waals surface area contributed by atoms with Gasteiger partial charge in [0.15, 0.2) is 5.54 Å². The zero-order valence-electron chi connectivity index (χ0n) is 13.6. The number of nitrogens with one attached hydrogen (secondary N) is 1. The van der Waals surface area contributed by atoms with Crippen LogP contribution in [-0.2, 0) is 16.9 Å². The molecule has 0 saturated carbocycles. The summed E-state index contributed by atoms with van der Waals surface area (Å²) in [4.78, 5) is 31.3. The Morgan fingerprint density at radius 2 is 2.15 bits per heavy atom. The first-order valence-electron chi connectivity index (χ1n) is 7.74. The van der Waals surface area contributed by atoms with E-state index in [1.54, 1.807) is 6.92 Å². The normalized spacial score (nSPS) is 19.8. The summed E-state index contributed by atoms with van der Waals surface area (Å²) in [5.41, 5.74) is -0.298. The third kappa shape index (κ3) is 2.82. The fourth-order valence-electron chi connectivity index (χ4n) is 2.77. The van der Waals surface area contributed by atoms with Crippen LogP contribution in [0.5, 0.6) is 0 Å². The minimum absolute atomic E-state index is 0.0768. The van der Waals surface area contributed by atoms with Gasteiger partial charge in [-0.2, -0.15) is 4.98 Å². The summed E-state index contributed by atoms with van der Waals surface area (Å²) < 4.78 is 6.12. The molecule has 0 radical (unpaired) electrons. The number of benzene rings is 1. The van der Waals surface area contributed by atoms with E-state index in [0.717, 1.165) is 19.8 Å². The van der Waals surface area contributed by atoms with Crippen LogP contribution in [0, 0.1) is 0 Å². The summed E-state index contributed by atoms with van der Waals surface area (Å²) in [5.74, 6) is 0.250. The molecule has 2 aromatic heterocycles. The molecule has 1 unspecified atom stereocenters. The van der Waals surface area contributed by atoms with Gasteiger partial charge in [0.05, 0.1) is 0 Å². The number of carbonyl (C=O) groups excluding carboxylic acids is 2. The van der Waals surface area contributed by atoms with E-state index in [0.29, 0.717) is 5.82 Å². The average molecular weight is 433 g/mol. The fourth-order valence-corrected chi connectivity index (χ4v) is 4.00. The van der Waals surface area contributed by atoms with Gasteiger partial charge in [-0.25, -0.2) is 4.79 Å². The molecule has 0 aliphatic carbocycles. The van der Waals surface area contributed by atoms with Crippen LogP contribution in [-0.4, -0.2) is 27.0 Å². The second kappa shape index (κ2) is 6.33. The van der Waals surface area contributed by atoms with Crippen molar-refractivity contribution >= 4 is 39.2 Å². The van der Waals surface area contributed by atoms with Crippen LogP contribution in [0.15, 0.2) is 50.8 Å². The number of carbonyl (C=O) groups is 2. The Morgan fingerprint density at radius 3 is 2.88 bits per heavy atom. The van der Waals surface area contributed by atoms with Crippen LogP contribution in [0.2, 0.25) is 0 Å². The van der Waals surface area contributed by atoms with Gasteiger partial charge >= 0.3 is 6.03 Å². The molecular weight excluding hydrogens is 420 g/mol. The van der Waals surface area contributed by atoms with Gasteiger partial charge in [-0.3, -0.25) is 9.69 Å². The van der Waals surface area contributed by atoms with E-state index in [1.165, 1.54) is 11.3 Å². The number of aromatic nitrogens is 2. The number of hydrogen-bond donors (Lipinski definition) is 1. The van der Waals surface area contributed by atoms with Gasteiger partial charge in [0.1, 0.15) is 6.54 Å². The third-order valence-electron chi connectivity index (χ3n) is 4.13. The van der Waals surface area contributed by atoms with Crippen molar-refractivity contribution in [1.82, 2.24) is 20.4 Å². The van der Waals surface area contributed by atoms with Crippen molar-refractivity contribution in [3.05, 3.63) is 57.0 Å². The van der Waals surface area contributed by atoms with Crippen molar-refractivity contribution in [1.29, 1.82) is 0 Å². The van der Waals surface area contributed by atoms with Crippen LogP contribution >= 0.6 is 27.3 Å². The lowest BCUT2D eigenvalue weighted by molar-refractivity contribution is -0.131. The molecule has 7 nitrogen and oxygen atoms in total. The Kier molecular flexibility index (Phi) is 4.12. The first-order chi connectivity index (χ1) is 12.5. The summed E-state index contributed by atoms with van der Waals surface area (Å²) in [6.45, 7) is 1.62. The molecule has 0 bridgehead atoms. The number of thiophene rings is 1. The highest BCUT2D eigenvalue weighted by Gasteiger charge is 2.50. The maximum Gasteiger partial charge on any atom is 0.325 e. The zero-order chi connectivity index (χ0) is 18.3. The standard InChI is InChI=1S/C17H13BrN4O3S/c1-17(12-6-3-7-26-12)15(23)22(16(24)20-17)9-13-19-14(21-25-13)10-4-2-5-11(18)8-10/h2-8H,9H2,1H3,(H,20,24).